The van der Waals surface area contributed by atoms with Crippen molar-refractivity contribution in [2.45, 2.75) is 45.6 Å². The highest BCUT2D eigenvalue weighted by Gasteiger charge is 2.23. The Labute approximate surface area is 178 Å². The molecule has 0 saturated heterocycles. The summed E-state index contributed by atoms with van der Waals surface area (Å²) in [5, 5.41) is 12.2. The molecular weight excluding hydrogens is 380 g/mol. The molecule has 0 heterocycles. The lowest BCUT2D eigenvalue weighted by atomic mass is 10.1. The van der Waals surface area contributed by atoms with Gasteiger partial charge in [-0.25, -0.2) is 4.79 Å². The van der Waals surface area contributed by atoms with Gasteiger partial charge in [0.1, 0.15) is 0 Å². The van der Waals surface area contributed by atoms with Crippen LogP contribution in [-0.4, -0.2) is 26.3 Å². The van der Waals surface area contributed by atoms with Crippen LogP contribution in [-0.2, 0) is 9.53 Å². The normalized spacial score (nSPS) is 11.3. The smallest absolute Gasteiger partial charge is 0.332 e. The second kappa shape index (κ2) is 12.4. The molecule has 0 spiro atoms. The zero-order valence-corrected chi connectivity index (χ0v) is 17.9. The molecule has 0 aliphatic carbocycles. The fourth-order valence-electron chi connectivity index (χ4n) is 2.79. The molecule has 1 N–H and O–H groups in total. The zero-order chi connectivity index (χ0) is 21.8. The van der Waals surface area contributed by atoms with Gasteiger partial charge in [0.25, 0.3) is 0 Å². The maximum absolute atomic E-state index is 12.5. The van der Waals surface area contributed by atoms with Crippen molar-refractivity contribution >= 4 is 11.7 Å². The van der Waals surface area contributed by atoms with E-state index in [2.05, 4.69) is 25.2 Å². The van der Waals surface area contributed by atoms with Crippen molar-refractivity contribution < 1.29 is 19.0 Å². The summed E-state index contributed by atoms with van der Waals surface area (Å²) in [4.78, 5) is 12.5. The minimum atomic E-state index is -0.721. The number of nitriles is 1. The first-order valence-corrected chi connectivity index (χ1v) is 10.4. The van der Waals surface area contributed by atoms with Gasteiger partial charge in [0.15, 0.2) is 17.5 Å². The number of hydrogen-bond acceptors (Lipinski definition) is 6. The van der Waals surface area contributed by atoms with E-state index in [4.69, 9.17) is 19.5 Å². The number of ether oxygens (including phenoxy) is 3. The number of rotatable bonds is 12. The van der Waals surface area contributed by atoms with E-state index in [-0.39, 0.29) is 0 Å². The molecular formula is C24H30N2O4. The Bertz CT molecular complexity index is 843. The highest BCUT2D eigenvalue weighted by Crippen LogP contribution is 2.33. The van der Waals surface area contributed by atoms with Crippen LogP contribution < -0.4 is 14.8 Å². The lowest BCUT2D eigenvalue weighted by Gasteiger charge is -2.20. The van der Waals surface area contributed by atoms with Gasteiger partial charge in [-0.3, -0.25) is 0 Å². The molecule has 1 atom stereocenters. The van der Waals surface area contributed by atoms with Crippen LogP contribution in [0.25, 0.3) is 0 Å². The molecule has 0 fully saturated rings. The number of methoxy groups -OCH3 is 1. The molecule has 0 saturated carbocycles. The van der Waals surface area contributed by atoms with Crippen LogP contribution in [0.1, 0.15) is 56.7 Å². The third kappa shape index (κ3) is 6.70. The summed E-state index contributed by atoms with van der Waals surface area (Å²) in [6.07, 6.45) is 3.96. The Kier molecular flexibility index (Phi) is 9.53. The lowest BCUT2D eigenvalue weighted by molar-refractivity contribution is -0.141. The van der Waals surface area contributed by atoms with E-state index in [0.29, 0.717) is 41.5 Å². The molecule has 0 aliphatic rings. The van der Waals surface area contributed by atoms with Crippen LogP contribution in [0.4, 0.5) is 5.69 Å². The summed E-state index contributed by atoms with van der Waals surface area (Å²) in [6, 6.07) is 13.8. The quantitative estimate of drug-likeness (QED) is 0.381. The summed E-state index contributed by atoms with van der Waals surface area (Å²) in [7, 11) is 1.36. The fraction of sp³-hybridized carbons (Fsp3) is 0.417. The topological polar surface area (TPSA) is 80.6 Å². The number of esters is 1. The van der Waals surface area contributed by atoms with Crippen molar-refractivity contribution in [1.82, 2.24) is 0 Å². The van der Waals surface area contributed by atoms with Gasteiger partial charge >= 0.3 is 5.97 Å². The van der Waals surface area contributed by atoms with E-state index in [1.807, 2.05) is 18.2 Å². The van der Waals surface area contributed by atoms with Crippen LogP contribution in [0, 0.1) is 11.3 Å². The Morgan fingerprint density at radius 3 is 2.20 bits per heavy atom. The number of hydrogen-bond donors (Lipinski definition) is 1. The first-order valence-electron chi connectivity index (χ1n) is 10.4. The maximum Gasteiger partial charge on any atom is 0.332 e. The molecule has 0 bridgehead atoms. The van der Waals surface area contributed by atoms with Crippen molar-refractivity contribution in [1.29, 1.82) is 5.26 Å². The average Bonchev–Trinajstić information content (AvgIpc) is 2.78. The van der Waals surface area contributed by atoms with Gasteiger partial charge in [0.2, 0.25) is 0 Å². The van der Waals surface area contributed by atoms with Crippen molar-refractivity contribution in [2.24, 2.45) is 0 Å². The van der Waals surface area contributed by atoms with Crippen molar-refractivity contribution in [3.8, 4) is 17.6 Å². The summed E-state index contributed by atoms with van der Waals surface area (Å²) < 4.78 is 16.8. The molecule has 0 aromatic heterocycles. The van der Waals surface area contributed by atoms with Gasteiger partial charge in [-0.2, -0.15) is 5.26 Å². The van der Waals surface area contributed by atoms with E-state index >= 15 is 0 Å². The molecule has 0 amide bonds. The van der Waals surface area contributed by atoms with Gasteiger partial charge < -0.3 is 19.5 Å². The molecule has 2 aromatic rings. The molecule has 1 unspecified atom stereocenters. The molecule has 2 rings (SSSR count). The third-order valence-electron chi connectivity index (χ3n) is 4.57. The number of carbonyl (C=O) groups is 1. The van der Waals surface area contributed by atoms with Crippen molar-refractivity contribution in [2.75, 3.05) is 25.6 Å². The van der Waals surface area contributed by atoms with Gasteiger partial charge in [-0.15, -0.1) is 0 Å². The summed E-state index contributed by atoms with van der Waals surface area (Å²) in [6.45, 7) is 5.41. The SMILES string of the molecule is CCCCOc1ccc(C(Nc2ccc(C#N)cc2)C(=O)OC)cc1OCCCC. The average molecular weight is 411 g/mol. The Morgan fingerprint density at radius 2 is 1.63 bits per heavy atom. The standard InChI is InChI=1S/C24H30N2O4/c1-4-6-14-29-21-13-10-19(16-22(21)30-15-7-5-2)23(24(27)28-3)26-20-11-8-18(17-25)9-12-20/h8-13,16,23,26H,4-7,14-15H2,1-3H3. The number of carbonyl (C=O) groups excluding carboxylic acids is 1. The predicted molar refractivity (Wildman–Crippen MR) is 117 cm³/mol. The number of nitrogens with zero attached hydrogens (tertiary/aromatic N) is 1. The minimum Gasteiger partial charge on any atom is -0.490 e. The molecule has 6 nitrogen and oxygen atoms in total. The van der Waals surface area contributed by atoms with Gasteiger partial charge in [0.05, 0.1) is 32.0 Å². The van der Waals surface area contributed by atoms with Crippen LogP contribution in [0.5, 0.6) is 11.5 Å². The zero-order valence-electron chi connectivity index (χ0n) is 17.9. The van der Waals surface area contributed by atoms with E-state index < -0.39 is 12.0 Å². The Balaban J connectivity index is 2.29. The van der Waals surface area contributed by atoms with E-state index in [9.17, 15) is 4.79 Å². The molecule has 0 aliphatic heterocycles. The lowest BCUT2D eigenvalue weighted by Crippen LogP contribution is -2.22. The van der Waals surface area contributed by atoms with Gasteiger partial charge in [-0.05, 0) is 54.8 Å². The highest BCUT2D eigenvalue weighted by molar-refractivity contribution is 5.81. The molecule has 6 heteroatoms. The molecule has 160 valence electrons. The van der Waals surface area contributed by atoms with E-state index in [0.717, 1.165) is 25.7 Å². The van der Waals surface area contributed by atoms with Crippen molar-refractivity contribution in [3.63, 3.8) is 0 Å². The second-order valence-corrected chi connectivity index (χ2v) is 6.90. The van der Waals surface area contributed by atoms with Crippen LogP contribution >= 0.6 is 0 Å². The fourth-order valence-corrected chi connectivity index (χ4v) is 2.79. The van der Waals surface area contributed by atoms with Crippen molar-refractivity contribution in [3.05, 3.63) is 53.6 Å². The first kappa shape index (κ1) is 23.1. The number of benzene rings is 2. The van der Waals surface area contributed by atoms with E-state index in [1.54, 1.807) is 24.3 Å². The predicted octanol–water partition coefficient (Wildman–Crippen LogP) is 5.24. The number of unbranched alkanes of at least 4 members (excludes halogenated alkanes) is 2. The first-order chi connectivity index (χ1) is 14.6. The molecule has 30 heavy (non-hydrogen) atoms. The van der Waals surface area contributed by atoms with Gasteiger partial charge in [-0.1, -0.05) is 32.8 Å². The maximum atomic E-state index is 12.5. The summed E-state index contributed by atoms with van der Waals surface area (Å²) >= 11 is 0. The largest absolute Gasteiger partial charge is 0.490 e. The van der Waals surface area contributed by atoms with Gasteiger partial charge in [0, 0.05) is 5.69 Å². The Morgan fingerprint density at radius 1 is 1.00 bits per heavy atom. The molecule has 2 aromatic carbocycles. The number of anilines is 1. The van der Waals surface area contributed by atoms with E-state index in [1.165, 1.54) is 7.11 Å². The third-order valence-corrected chi connectivity index (χ3v) is 4.57. The number of nitrogens with one attached hydrogen (secondary N) is 1. The monoisotopic (exact) mass is 410 g/mol. The minimum absolute atomic E-state index is 0.418. The van der Waals surface area contributed by atoms with Crippen LogP contribution in [0.3, 0.4) is 0 Å². The Hall–Kier alpha value is -3.20. The summed E-state index contributed by atoms with van der Waals surface area (Å²) in [5.41, 5.74) is 1.97. The van der Waals surface area contributed by atoms with Crippen LogP contribution in [0.15, 0.2) is 42.5 Å². The second-order valence-electron chi connectivity index (χ2n) is 6.90. The van der Waals surface area contributed by atoms with Crippen LogP contribution in [0.2, 0.25) is 0 Å². The molecule has 0 radical (unpaired) electrons. The highest BCUT2D eigenvalue weighted by atomic mass is 16.5. The summed E-state index contributed by atoms with van der Waals surface area (Å²) in [5.74, 6) is 0.872.